The zero-order chi connectivity index (χ0) is 9.12. The molecule has 1 fully saturated rings. The molecule has 1 saturated carbocycles. The largest absolute Gasteiger partial charge is 0.129 e. The minimum atomic E-state index is 0.770. The molecule has 2 heteroatoms. The molecule has 0 unspecified atom stereocenters. The fourth-order valence-electron chi connectivity index (χ4n) is 3.42. The molecule has 0 radical (unpaired) electrons. The van der Waals surface area contributed by atoms with Crippen molar-refractivity contribution in [2.45, 2.75) is 11.7 Å². The lowest BCUT2D eigenvalue weighted by atomic mass is 9.81. The smallest absolute Gasteiger partial charge is 0.0195 e. The summed E-state index contributed by atoms with van der Waals surface area (Å²) < 4.78 is 0. The third-order valence-corrected chi connectivity index (χ3v) is 6.49. The molecule has 0 N–H and O–H groups in total. The maximum absolute atomic E-state index is 2.48. The Morgan fingerprint density at radius 3 is 3.07 bits per heavy atom. The summed E-state index contributed by atoms with van der Waals surface area (Å²) in [5.41, 5.74) is 0. The number of thioether (sulfide) groups is 2. The summed E-state index contributed by atoms with van der Waals surface area (Å²) in [4.78, 5) is 1.61. The Hall–Kier alpha value is -0.0800. The van der Waals surface area contributed by atoms with Crippen LogP contribution >= 0.6 is 23.5 Å². The first-order chi connectivity index (χ1) is 6.93. The van der Waals surface area contributed by atoms with Gasteiger partial charge in [-0.2, -0.15) is 0 Å². The van der Waals surface area contributed by atoms with Gasteiger partial charge in [-0.1, -0.05) is 18.2 Å². The van der Waals surface area contributed by atoms with Crippen LogP contribution in [0.3, 0.4) is 0 Å². The molecule has 0 spiro atoms. The minimum absolute atomic E-state index is 0.770. The third kappa shape index (κ3) is 0.892. The van der Waals surface area contributed by atoms with Crippen LogP contribution in [0.2, 0.25) is 0 Å². The molecule has 0 amide bonds. The zero-order valence-corrected chi connectivity index (χ0v) is 9.43. The van der Waals surface area contributed by atoms with Crippen molar-refractivity contribution in [1.82, 2.24) is 0 Å². The lowest BCUT2D eigenvalue weighted by Gasteiger charge is -2.35. The van der Waals surface area contributed by atoms with Gasteiger partial charge in [0.15, 0.2) is 0 Å². The monoisotopic (exact) mass is 220 g/mol. The van der Waals surface area contributed by atoms with Gasteiger partial charge < -0.3 is 0 Å². The van der Waals surface area contributed by atoms with Crippen LogP contribution in [0.5, 0.6) is 0 Å². The molecule has 4 rings (SSSR count). The summed E-state index contributed by atoms with van der Waals surface area (Å²) in [5.74, 6) is 3.45. The van der Waals surface area contributed by atoms with Crippen LogP contribution < -0.4 is 0 Å². The van der Waals surface area contributed by atoms with E-state index < -0.39 is 0 Å². The van der Waals surface area contributed by atoms with Crippen LogP contribution in [0.1, 0.15) is 6.42 Å². The highest BCUT2D eigenvalue weighted by Gasteiger charge is 2.50. The van der Waals surface area contributed by atoms with Crippen molar-refractivity contribution < 1.29 is 0 Å². The second-order valence-electron chi connectivity index (χ2n) is 4.62. The Morgan fingerprint density at radius 1 is 1.14 bits per heavy atom. The quantitative estimate of drug-likeness (QED) is 0.572. The molecule has 14 heavy (non-hydrogen) atoms. The van der Waals surface area contributed by atoms with E-state index in [2.05, 4.69) is 40.8 Å². The van der Waals surface area contributed by atoms with E-state index in [0.717, 1.165) is 28.9 Å². The van der Waals surface area contributed by atoms with Gasteiger partial charge in [-0.15, -0.1) is 23.5 Å². The maximum atomic E-state index is 2.48. The standard InChI is InChI=1S/C12H12S2/c1-2-8-5-7(1)11-9-3-4-13-10(9)6-14-12(8)11/h1-4,6-9,11-12H,5H2/t7-,8+,9+,11-,12-/m0/s1. The summed E-state index contributed by atoms with van der Waals surface area (Å²) in [6.07, 6.45) is 8.80. The van der Waals surface area contributed by atoms with Gasteiger partial charge in [0.2, 0.25) is 0 Å². The van der Waals surface area contributed by atoms with Crippen LogP contribution in [-0.2, 0) is 0 Å². The topological polar surface area (TPSA) is 0 Å². The van der Waals surface area contributed by atoms with Crippen LogP contribution in [0.15, 0.2) is 33.9 Å². The van der Waals surface area contributed by atoms with Gasteiger partial charge >= 0.3 is 0 Å². The van der Waals surface area contributed by atoms with E-state index >= 15 is 0 Å². The van der Waals surface area contributed by atoms with Crippen molar-refractivity contribution in [2.75, 3.05) is 0 Å². The second-order valence-corrected chi connectivity index (χ2v) is 6.65. The molecule has 5 atom stereocenters. The molecule has 0 nitrogen and oxygen atoms in total. The Bertz CT molecular complexity index is 367. The molecule has 72 valence electrons. The van der Waals surface area contributed by atoms with E-state index in [9.17, 15) is 0 Å². The second kappa shape index (κ2) is 2.73. The normalized spacial score (nSPS) is 52.0. The molecule has 2 bridgehead atoms. The van der Waals surface area contributed by atoms with E-state index in [4.69, 9.17) is 0 Å². The Kier molecular flexibility index (Phi) is 1.58. The lowest BCUT2D eigenvalue weighted by Crippen LogP contribution is -2.30. The molecular weight excluding hydrogens is 208 g/mol. The van der Waals surface area contributed by atoms with Crippen molar-refractivity contribution in [3.8, 4) is 0 Å². The van der Waals surface area contributed by atoms with E-state index in [1.165, 1.54) is 6.42 Å². The molecule has 2 heterocycles. The van der Waals surface area contributed by atoms with E-state index in [1.54, 1.807) is 4.91 Å². The molecular formula is C12H12S2. The predicted octanol–water partition coefficient (Wildman–Crippen LogP) is 3.64. The van der Waals surface area contributed by atoms with Gasteiger partial charge in [0.1, 0.15) is 0 Å². The Balaban J connectivity index is 1.79. The molecule has 0 aromatic heterocycles. The summed E-state index contributed by atoms with van der Waals surface area (Å²) in [6, 6.07) is 0. The first-order valence-corrected chi connectivity index (χ1v) is 7.13. The van der Waals surface area contributed by atoms with E-state index in [0.29, 0.717) is 0 Å². The van der Waals surface area contributed by atoms with E-state index in [1.807, 2.05) is 11.8 Å². The molecule has 0 saturated heterocycles. The fraction of sp³-hybridized carbons (Fsp3) is 0.500. The molecule has 0 aromatic carbocycles. The summed E-state index contributed by atoms with van der Waals surface area (Å²) in [5, 5.41) is 5.60. The van der Waals surface area contributed by atoms with Gasteiger partial charge in [-0.3, -0.25) is 0 Å². The minimum Gasteiger partial charge on any atom is -0.129 e. The highest BCUT2D eigenvalue weighted by molar-refractivity contribution is 8.08. The average molecular weight is 220 g/mol. The Morgan fingerprint density at radius 2 is 2.07 bits per heavy atom. The van der Waals surface area contributed by atoms with Crippen molar-refractivity contribution in [3.63, 3.8) is 0 Å². The zero-order valence-electron chi connectivity index (χ0n) is 7.80. The maximum Gasteiger partial charge on any atom is 0.0195 e. The number of hydrogen-bond donors (Lipinski definition) is 0. The number of fused-ring (bicyclic) bond motifs is 7. The summed E-state index contributed by atoms with van der Waals surface area (Å²) >= 11 is 4.04. The molecule has 2 aliphatic heterocycles. The highest BCUT2D eigenvalue weighted by atomic mass is 32.2. The Labute approximate surface area is 92.9 Å². The van der Waals surface area contributed by atoms with Crippen molar-refractivity contribution in [3.05, 3.63) is 33.9 Å². The van der Waals surface area contributed by atoms with Gasteiger partial charge in [0, 0.05) is 16.1 Å². The predicted molar refractivity (Wildman–Crippen MR) is 63.9 cm³/mol. The van der Waals surface area contributed by atoms with Gasteiger partial charge in [0.25, 0.3) is 0 Å². The summed E-state index contributed by atoms with van der Waals surface area (Å²) in [6.45, 7) is 0. The van der Waals surface area contributed by atoms with Crippen molar-refractivity contribution >= 4 is 23.5 Å². The van der Waals surface area contributed by atoms with Crippen LogP contribution in [0, 0.1) is 23.7 Å². The van der Waals surface area contributed by atoms with Crippen molar-refractivity contribution in [2.24, 2.45) is 23.7 Å². The number of rotatable bonds is 0. The summed E-state index contributed by atoms with van der Waals surface area (Å²) in [7, 11) is 0. The van der Waals surface area contributed by atoms with Gasteiger partial charge in [-0.25, -0.2) is 0 Å². The SMILES string of the molecule is C1=C[C@@H]2C(=CS[C@@H]3[C@H]2[C@H]2C=C[C@@H]3C2)S1. The van der Waals surface area contributed by atoms with Crippen LogP contribution in [0.4, 0.5) is 0 Å². The molecule has 2 aliphatic carbocycles. The first kappa shape index (κ1) is 8.12. The van der Waals surface area contributed by atoms with Gasteiger partial charge in [0.05, 0.1) is 0 Å². The van der Waals surface area contributed by atoms with Crippen LogP contribution in [0.25, 0.3) is 0 Å². The van der Waals surface area contributed by atoms with Crippen molar-refractivity contribution in [1.29, 1.82) is 0 Å². The van der Waals surface area contributed by atoms with Crippen LogP contribution in [-0.4, -0.2) is 5.25 Å². The van der Waals surface area contributed by atoms with E-state index in [-0.39, 0.29) is 0 Å². The third-order valence-electron chi connectivity index (χ3n) is 4.02. The number of hydrogen-bond acceptors (Lipinski definition) is 2. The first-order valence-electron chi connectivity index (χ1n) is 5.31. The van der Waals surface area contributed by atoms with Gasteiger partial charge in [-0.05, 0) is 35.0 Å². The molecule has 0 aromatic rings. The highest BCUT2D eigenvalue weighted by Crippen LogP contribution is 2.59. The average Bonchev–Trinajstić information content (AvgIpc) is 2.92. The lowest BCUT2D eigenvalue weighted by molar-refractivity contribution is 0.392. The fourth-order valence-corrected chi connectivity index (χ4v) is 6.01. The molecule has 4 aliphatic rings. The number of allylic oxidation sites excluding steroid dienone is 4.